The summed E-state index contributed by atoms with van der Waals surface area (Å²) in [6.45, 7) is 6.53. The van der Waals surface area contributed by atoms with E-state index in [-0.39, 0.29) is 0 Å². The molecule has 0 saturated carbocycles. The number of rotatable bonds is 8. The van der Waals surface area contributed by atoms with E-state index in [1.165, 1.54) is 27.9 Å². The van der Waals surface area contributed by atoms with Crippen molar-refractivity contribution in [3.8, 4) is 5.75 Å². The van der Waals surface area contributed by atoms with Gasteiger partial charge < -0.3 is 15.0 Å². The van der Waals surface area contributed by atoms with Crippen LogP contribution in [0.5, 0.6) is 5.75 Å². The molecule has 3 aromatic rings. The van der Waals surface area contributed by atoms with Gasteiger partial charge in [0.15, 0.2) is 0 Å². The zero-order valence-electron chi connectivity index (χ0n) is 16.5. The minimum absolute atomic E-state index is 0.682. The first-order valence-corrected chi connectivity index (χ1v) is 10.1. The third kappa shape index (κ3) is 4.55. The molecular weight excluding hydrogens is 344 g/mol. The summed E-state index contributed by atoms with van der Waals surface area (Å²) in [4.78, 5) is 2.45. The van der Waals surface area contributed by atoms with E-state index in [4.69, 9.17) is 4.74 Å². The molecule has 0 atom stereocenters. The molecule has 4 rings (SSSR count). The average molecular weight is 373 g/mol. The Kier molecular flexibility index (Phi) is 5.93. The van der Waals surface area contributed by atoms with E-state index in [1.807, 2.05) is 0 Å². The van der Waals surface area contributed by atoms with Crippen LogP contribution in [0.1, 0.15) is 22.3 Å². The number of hydrogen-bond donors (Lipinski definition) is 1. The Labute approximate surface area is 168 Å². The first kappa shape index (κ1) is 18.6. The quantitative estimate of drug-likeness (QED) is 0.579. The Bertz CT molecular complexity index is 907. The van der Waals surface area contributed by atoms with Crippen molar-refractivity contribution in [2.24, 2.45) is 0 Å². The SMILES string of the molecule is Cc1cccc(CNCCOc2cccc3c2CCN3Cc2ccccc2)c1. The summed E-state index contributed by atoms with van der Waals surface area (Å²) in [5, 5.41) is 3.47. The Morgan fingerprint density at radius 2 is 1.75 bits per heavy atom. The molecule has 0 bridgehead atoms. The largest absolute Gasteiger partial charge is 0.492 e. The maximum Gasteiger partial charge on any atom is 0.124 e. The van der Waals surface area contributed by atoms with Crippen molar-refractivity contribution in [2.75, 3.05) is 24.6 Å². The highest BCUT2D eigenvalue weighted by molar-refractivity contribution is 5.63. The van der Waals surface area contributed by atoms with Gasteiger partial charge in [-0.05, 0) is 36.6 Å². The van der Waals surface area contributed by atoms with Crippen LogP contribution in [0.3, 0.4) is 0 Å². The molecular formula is C25H28N2O. The topological polar surface area (TPSA) is 24.5 Å². The fraction of sp³-hybridized carbons (Fsp3) is 0.280. The predicted octanol–water partition coefficient (Wildman–Crippen LogP) is 4.73. The number of hydrogen-bond acceptors (Lipinski definition) is 3. The maximum absolute atomic E-state index is 6.12. The number of ether oxygens (including phenoxy) is 1. The molecule has 28 heavy (non-hydrogen) atoms. The number of anilines is 1. The molecule has 0 amide bonds. The van der Waals surface area contributed by atoms with Crippen LogP contribution in [0.2, 0.25) is 0 Å². The second-order valence-corrected chi connectivity index (χ2v) is 7.43. The van der Waals surface area contributed by atoms with Crippen LogP contribution in [0.25, 0.3) is 0 Å². The van der Waals surface area contributed by atoms with Crippen molar-refractivity contribution in [1.29, 1.82) is 0 Å². The Morgan fingerprint density at radius 1 is 0.929 bits per heavy atom. The van der Waals surface area contributed by atoms with Crippen molar-refractivity contribution < 1.29 is 4.74 Å². The van der Waals surface area contributed by atoms with Crippen molar-refractivity contribution in [1.82, 2.24) is 5.32 Å². The highest BCUT2D eigenvalue weighted by Crippen LogP contribution is 2.35. The summed E-state index contributed by atoms with van der Waals surface area (Å²) < 4.78 is 6.12. The lowest BCUT2D eigenvalue weighted by molar-refractivity contribution is 0.311. The van der Waals surface area contributed by atoms with Crippen molar-refractivity contribution in [2.45, 2.75) is 26.4 Å². The van der Waals surface area contributed by atoms with E-state index in [0.29, 0.717) is 6.61 Å². The summed E-state index contributed by atoms with van der Waals surface area (Å²) in [6.07, 6.45) is 1.05. The fourth-order valence-corrected chi connectivity index (χ4v) is 3.86. The van der Waals surface area contributed by atoms with Crippen LogP contribution < -0.4 is 15.0 Å². The Morgan fingerprint density at radius 3 is 2.61 bits per heavy atom. The molecule has 1 aliphatic rings. The number of fused-ring (bicyclic) bond motifs is 1. The van der Waals surface area contributed by atoms with Crippen molar-refractivity contribution in [3.63, 3.8) is 0 Å². The van der Waals surface area contributed by atoms with Gasteiger partial charge in [0.1, 0.15) is 12.4 Å². The summed E-state index contributed by atoms with van der Waals surface area (Å²) in [6, 6.07) is 25.7. The number of nitrogens with one attached hydrogen (secondary N) is 1. The monoisotopic (exact) mass is 372 g/mol. The fourth-order valence-electron chi connectivity index (χ4n) is 3.86. The lowest BCUT2D eigenvalue weighted by atomic mass is 10.1. The van der Waals surface area contributed by atoms with Gasteiger partial charge in [-0.15, -0.1) is 0 Å². The van der Waals surface area contributed by atoms with Crippen LogP contribution >= 0.6 is 0 Å². The average Bonchev–Trinajstić information content (AvgIpc) is 3.12. The van der Waals surface area contributed by atoms with Crippen LogP contribution in [0, 0.1) is 6.92 Å². The molecule has 3 aromatic carbocycles. The molecule has 3 nitrogen and oxygen atoms in total. The summed E-state index contributed by atoms with van der Waals surface area (Å²) in [5.74, 6) is 1.03. The van der Waals surface area contributed by atoms with Crippen LogP contribution in [-0.4, -0.2) is 19.7 Å². The van der Waals surface area contributed by atoms with Gasteiger partial charge in [-0.1, -0.05) is 66.2 Å². The molecule has 0 unspecified atom stereocenters. The zero-order chi connectivity index (χ0) is 19.2. The normalized spacial score (nSPS) is 12.8. The molecule has 1 N–H and O–H groups in total. The van der Waals surface area contributed by atoms with E-state index in [2.05, 4.69) is 89.9 Å². The lowest BCUT2D eigenvalue weighted by Crippen LogP contribution is -2.21. The second-order valence-electron chi connectivity index (χ2n) is 7.43. The maximum atomic E-state index is 6.12. The minimum Gasteiger partial charge on any atom is -0.492 e. The molecule has 3 heteroatoms. The summed E-state index contributed by atoms with van der Waals surface area (Å²) in [7, 11) is 0. The highest BCUT2D eigenvalue weighted by atomic mass is 16.5. The minimum atomic E-state index is 0.682. The Balaban J connectivity index is 1.30. The van der Waals surface area contributed by atoms with Crippen LogP contribution in [0.15, 0.2) is 72.8 Å². The lowest BCUT2D eigenvalue weighted by Gasteiger charge is -2.20. The zero-order valence-corrected chi connectivity index (χ0v) is 16.5. The van der Waals surface area contributed by atoms with Gasteiger partial charge in [-0.2, -0.15) is 0 Å². The third-order valence-electron chi connectivity index (χ3n) is 5.24. The van der Waals surface area contributed by atoms with Crippen LogP contribution in [0.4, 0.5) is 5.69 Å². The van der Waals surface area contributed by atoms with Crippen LogP contribution in [-0.2, 0) is 19.5 Å². The molecule has 0 radical (unpaired) electrons. The van der Waals surface area contributed by atoms with E-state index in [1.54, 1.807) is 0 Å². The van der Waals surface area contributed by atoms with Crippen molar-refractivity contribution in [3.05, 3.63) is 95.1 Å². The third-order valence-corrected chi connectivity index (χ3v) is 5.24. The molecule has 1 aliphatic heterocycles. The van der Waals surface area contributed by atoms with Gasteiger partial charge in [0.05, 0.1) is 0 Å². The smallest absolute Gasteiger partial charge is 0.124 e. The Hall–Kier alpha value is -2.78. The number of aryl methyl sites for hydroxylation is 1. The first-order valence-electron chi connectivity index (χ1n) is 10.1. The molecule has 0 fully saturated rings. The van der Waals surface area contributed by atoms with Gasteiger partial charge in [0.2, 0.25) is 0 Å². The van der Waals surface area contributed by atoms with E-state index in [0.717, 1.165) is 38.3 Å². The van der Waals surface area contributed by atoms with Gasteiger partial charge in [-0.25, -0.2) is 0 Å². The van der Waals surface area contributed by atoms with Crippen molar-refractivity contribution >= 4 is 5.69 Å². The predicted molar refractivity (Wildman–Crippen MR) is 116 cm³/mol. The second kappa shape index (κ2) is 8.94. The molecule has 0 spiro atoms. The molecule has 1 heterocycles. The molecule has 144 valence electrons. The summed E-state index contributed by atoms with van der Waals surface area (Å²) in [5.41, 5.74) is 6.63. The standard InChI is InChI=1S/C25H28N2O/c1-20-7-5-10-22(17-20)18-26-14-16-28-25-12-6-11-24-23(25)13-15-27(24)19-21-8-3-2-4-9-21/h2-12,17,26H,13-16,18-19H2,1H3. The van der Waals surface area contributed by atoms with Gasteiger partial charge >= 0.3 is 0 Å². The van der Waals surface area contributed by atoms with E-state index >= 15 is 0 Å². The molecule has 0 aromatic heterocycles. The number of benzene rings is 3. The first-order chi connectivity index (χ1) is 13.8. The summed E-state index contributed by atoms with van der Waals surface area (Å²) >= 11 is 0. The number of nitrogens with zero attached hydrogens (tertiary/aromatic N) is 1. The van der Waals surface area contributed by atoms with Gasteiger partial charge in [0, 0.05) is 37.4 Å². The molecule has 0 aliphatic carbocycles. The van der Waals surface area contributed by atoms with Gasteiger partial charge in [0.25, 0.3) is 0 Å². The highest BCUT2D eigenvalue weighted by Gasteiger charge is 2.22. The van der Waals surface area contributed by atoms with Gasteiger partial charge in [-0.3, -0.25) is 0 Å². The van der Waals surface area contributed by atoms with E-state index in [9.17, 15) is 0 Å². The van der Waals surface area contributed by atoms with E-state index < -0.39 is 0 Å². The molecule has 0 saturated heterocycles.